The maximum atomic E-state index is 11.1. The highest BCUT2D eigenvalue weighted by Crippen LogP contribution is 2.31. The molecule has 2 aliphatic rings. The topological polar surface area (TPSA) is 58.4 Å². The number of nitrogens with one attached hydrogen (secondary N) is 1. The Labute approximate surface area is 123 Å². The third kappa shape index (κ3) is 2.66. The van der Waals surface area contributed by atoms with Crippen molar-refractivity contribution in [1.82, 2.24) is 10.2 Å². The van der Waals surface area contributed by atoms with Crippen molar-refractivity contribution in [3.8, 4) is 0 Å². The number of fused-ring (bicyclic) bond motifs is 1. The van der Waals surface area contributed by atoms with Crippen LogP contribution in [0.5, 0.6) is 0 Å². The molecule has 0 unspecified atom stereocenters. The first kappa shape index (κ1) is 13.8. The second-order valence-electron chi connectivity index (χ2n) is 5.65. The lowest BCUT2D eigenvalue weighted by molar-refractivity contribution is -0.385. The van der Waals surface area contributed by atoms with Crippen LogP contribution in [0.1, 0.15) is 18.4 Å². The van der Waals surface area contributed by atoms with Crippen LogP contribution in [0.3, 0.4) is 0 Å². The molecule has 5 nitrogen and oxygen atoms in total. The maximum Gasteiger partial charge on any atom is 0.275 e. The summed E-state index contributed by atoms with van der Waals surface area (Å²) in [4.78, 5) is 13.0. The average molecular weight is 296 g/mol. The molecular formula is C14H18ClN3O2. The van der Waals surface area contributed by atoms with E-state index in [-0.39, 0.29) is 10.6 Å². The molecule has 2 aliphatic heterocycles. The van der Waals surface area contributed by atoms with Crippen LogP contribution < -0.4 is 5.32 Å². The van der Waals surface area contributed by atoms with Gasteiger partial charge >= 0.3 is 0 Å². The summed E-state index contributed by atoms with van der Waals surface area (Å²) >= 11 is 6.16. The Hall–Kier alpha value is -1.17. The average Bonchev–Trinajstić information content (AvgIpc) is 2.83. The van der Waals surface area contributed by atoms with E-state index in [9.17, 15) is 10.1 Å². The zero-order chi connectivity index (χ0) is 14.1. The van der Waals surface area contributed by atoms with E-state index in [1.807, 2.05) is 0 Å². The molecule has 0 radical (unpaired) electrons. The molecule has 3 rings (SSSR count). The Morgan fingerprint density at radius 3 is 3.05 bits per heavy atom. The van der Waals surface area contributed by atoms with Gasteiger partial charge in [0.15, 0.2) is 0 Å². The van der Waals surface area contributed by atoms with Crippen LogP contribution in [0.4, 0.5) is 5.69 Å². The molecule has 1 aromatic carbocycles. The first-order valence-electron chi connectivity index (χ1n) is 7.02. The molecule has 0 aliphatic carbocycles. The fraction of sp³-hybridized carbons (Fsp3) is 0.571. The fourth-order valence-corrected chi connectivity index (χ4v) is 3.59. The van der Waals surface area contributed by atoms with Gasteiger partial charge in [0, 0.05) is 31.7 Å². The summed E-state index contributed by atoms with van der Waals surface area (Å²) in [5.74, 6) is 0.672. The predicted molar refractivity (Wildman–Crippen MR) is 77.9 cm³/mol. The van der Waals surface area contributed by atoms with Crippen molar-refractivity contribution >= 4 is 17.3 Å². The smallest absolute Gasteiger partial charge is 0.275 e. The number of likely N-dealkylation sites (tertiary alicyclic amines) is 1. The van der Waals surface area contributed by atoms with Crippen molar-refractivity contribution in [2.45, 2.75) is 25.4 Å². The molecule has 1 N–H and O–H groups in total. The highest BCUT2D eigenvalue weighted by Gasteiger charge is 2.35. The largest absolute Gasteiger partial charge is 0.312 e. The molecule has 2 fully saturated rings. The Balaban J connectivity index is 1.77. The Kier molecular flexibility index (Phi) is 3.92. The summed E-state index contributed by atoms with van der Waals surface area (Å²) < 4.78 is 0. The van der Waals surface area contributed by atoms with Crippen LogP contribution >= 0.6 is 11.6 Å². The molecule has 0 amide bonds. The maximum absolute atomic E-state index is 11.1. The summed E-state index contributed by atoms with van der Waals surface area (Å²) in [5, 5.41) is 15.1. The first-order chi connectivity index (χ1) is 9.65. The van der Waals surface area contributed by atoms with Gasteiger partial charge in [0.2, 0.25) is 0 Å². The van der Waals surface area contributed by atoms with Crippen molar-refractivity contribution in [3.05, 3.63) is 38.9 Å². The zero-order valence-corrected chi connectivity index (χ0v) is 12.0. The minimum atomic E-state index is -0.345. The third-order valence-corrected chi connectivity index (χ3v) is 4.70. The van der Waals surface area contributed by atoms with Crippen LogP contribution in [0.15, 0.2) is 18.2 Å². The summed E-state index contributed by atoms with van der Waals surface area (Å²) in [5.41, 5.74) is 0.762. The van der Waals surface area contributed by atoms with Crippen molar-refractivity contribution in [2.24, 2.45) is 5.92 Å². The number of piperidine rings is 1. The quantitative estimate of drug-likeness (QED) is 0.687. The standard InChI is InChI=1S/C14H18ClN3O2/c15-12-4-1-5-14(18(19)20)11(12)8-17-7-10-3-2-6-16-13(10)9-17/h1,4-5,10,13,16H,2-3,6-9H2/t10-,13+/m0/s1. The normalized spacial score (nSPS) is 26.4. The predicted octanol–water partition coefficient (Wildman–Crippen LogP) is 2.43. The van der Waals surface area contributed by atoms with Crippen LogP contribution in [-0.4, -0.2) is 35.5 Å². The highest BCUT2D eigenvalue weighted by atomic mass is 35.5. The molecule has 0 aromatic heterocycles. The molecule has 0 spiro atoms. The summed E-state index contributed by atoms with van der Waals surface area (Å²) in [7, 11) is 0. The van der Waals surface area contributed by atoms with Gasteiger partial charge < -0.3 is 5.32 Å². The minimum Gasteiger partial charge on any atom is -0.312 e. The van der Waals surface area contributed by atoms with E-state index in [2.05, 4.69) is 10.2 Å². The Bertz CT molecular complexity index is 509. The number of halogens is 1. The third-order valence-electron chi connectivity index (χ3n) is 4.35. The van der Waals surface area contributed by atoms with Crippen molar-refractivity contribution < 1.29 is 4.92 Å². The number of nitrogens with zero attached hydrogens (tertiary/aromatic N) is 2. The number of hydrogen-bond donors (Lipinski definition) is 1. The summed E-state index contributed by atoms with van der Waals surface area (Å²) in [6, 6.07) is 5.42. The second-order valence-corrected chi connectivity index (χ2v) is 6.06. The molecule has 2 saturated heterocycles. The SMILES string of the molecule is O=[N+]([O-])c1cccc(Cl)c1CN1C[C@@H]2CCCN[C@@H]2C1. The Morgan fingerprint density at radius 2 is 2.30 bits per heavy atom. The lowest BCUT2D eigenvalue weighted by Crippen LogP contribution is -2.40. The van der Waals surface area contributed by atoms with Crippen molar-refractivity contribution in [1.29, 1.82) is 0 Å². The fourth-order valence-electron chi connectivity index (χ4n) is 3.36. The van der Waals surface area contributed by atoms with Crippen molar-refractivity contribution in [3.63, 3.8) is 0 Å². The number of nitro groups is 1. The van der Waals surface area contributed by atoms with E-state index in [0.717, 1.165) is 19.6 Å². The lowest BCUT2D eigenvalue weighted by atomic mass is 9.94. The van der Waals surface area contributed by atoms with Gasteiger partial charge in [-0.15, -0.1) is 0 Å². The lowest BCUT2D eigenvalue weighted by Gasteiger charge is -2.24. The number of nitro benzene ring substituents is 1. The Morgan fingerprint density at radius 1 is 1.45 bits per heavy atom. The van der Waals surface area contributed by atoms with Gasteiger partial charge in [0.1, 0.15) is 0 Å². The monoisotopic (exact) mass is 295 g/mol. The van der Waals surface area contributed by atoms with Gasteiger partial charge in [-0.1, -0.05) is 17.7 Å². The van der Waals surface area contributed by atoms with Gasteiger partial charge in [-0.3, -0.25) is 15.0 Å². The van der Waals surface area contributed by atoms with E-state index in [1.54, 1.807) is 12.1 Å². The number of rotatable bonds is 3. The van der Waals surface area contributed by atoms with Gasteiger partial charge in [-0.05, 0) is 31.4 Å². The molecule has 2 heterocycles. The molecule has 0 bridgehead atoms. The molecular weight excluding hydrogens is 278 g/mol. The summed E-state index contributed by atoms with van der Waals surface area (Å²) in [6.07, 6.45) is 2.47. The van der Waals surface area contributed by atoms with E-state index >= 15 is 0 Å². The van der Waals surface area contributed by atoms with Crippen LogP contribution in [0.2, 0.25) is 5.02 Å². The van der Waals surface area contributed by atoms with Gasteiger partial charge in [-0.2, -0.15) is 0 Å². The molecule has 0 saturated carbocycles. The molecule has 6 heteroatoms. The van der Waals surface area contributed by atoms with Crippen LogP contribution in [-0.2, 0) is 6.54 Å². The van der Waals surface area contributed by atoms with E-state index < -0.39 is 0 Å². The van der Waals surface area contributed by atoms with E-state index in [1.165, 1.54) is 18.9 Å². The van der Waals surface area contributed by atoms with E-state index in [0.29, 0.717) is 29.1 Å². The number of benzene rings is 1. The summed E-state index contributed by atoms with van der Waals surface area (Å²) in [6.45, 7) is 3.60. The highest BCUT2D eigenvalue weighted by molar-refractivity contribution is 6.31. The van der Waals surface area contributed by atoms with Gasteiger partial charge in [0.25, 0.3) is 5.69 Å². The first-order valence-corrected chi connectivity index (χ1v) is 7.40. The van der Waals surface area contributed by atoms with Crippen molar-refractivity contribution in [2.75, 3.05) is 19.6 Å². The van der Waals surface area contributed by atoms with Gasteiger partial charge in [0.05, 0.1) is 15.5 Å². The molecule has 20 heavy (non-hydrogen) atoms. The van der Waals surface area contributed by atoms with Gasteiger partial charge in [-0.25, -0.2) is 0 Å². The van der Waals surface area contributed by atoms with E-state index in [4.69, 9.17) is 11.6 Å². The minimum absolute atomic E-state index is 0.125. The molecule has 1 aromatic rings. The second kappa shape index (κ2) is 5.68. The molecule has 2 atom stereocenters. The number of hydrogen-bond acceptors (Lipinski definition) is 4. The zero-order valence-electron chi connectivity index (χ0n) is 11.2. The van der Waals surface area contributed by atoms with Crippen LogP contribution in [0, 0.1) is 16.0 Å². The molecule has 108 valence electrons. The van der Waals surface area contributed by atoms with Crippen LogP contribution in [0.25, 0.3) is 0 Å².